The van der Waals surface area contributed by atoms with E-state index >= 15 is 0 Å². The standard InChI is InChI=1S/C12H24N2O3/c1-9(13)4-3-5-12(16)14-6-11(7-15)17-8-10(14)2/h9-11,15H,3-8,13H2,1-2H3. The maximum Gasteiger partial charge on any atom is 0.222 e. The molecule has 1 aliphatic rings. The Hall–Kier alpha value is -0.650. The van der Waals surface area contributed by atoms with Gasteiger partial charge < -0.3 is 20.5 Å². The van der Waals surface area contributed by atoms with Crippen molar-refractivity contribution in [3.05, 3.63) is 0 Å². The Morgan fingerprint density at radius 3 is 2.94 bits per heavy atom. The quantitative estimate of drug-likeness (QED) is 0.720. The minimum atomic E-state index is -0.233. The number of aliphatic hydroxyl groups is 1. The van der Waals surface area contributed by atoms with Crippen LogP contribution in [0.3, 0.4) is 0 Å². The molecule has 5 nitrogen and oxygen atoms in total. The lowest BCUT2D eigenvalue weighted by molar-refractivity contribution is -0.146. The van der Waals surface area contributed by atoms with Crippen LogP contribution in [-0.2, 0) is 9.53 Å². The van der Waals surface area contributed by atoms with Gasteiger partial charge in [-0.25, -0.2) is 0 Å². The van der Waals surface area contributed by atoms with Crippen molar-refractivity contribution in [2.75, 3.05) is 19.8 Å². The summed E-state index contributed by atoms with van der Waals surface area (Å²) in [6.45, 7) is 4.88. The molecule has 0 spiro atoms. The van der Waals surface area contributed by atoms with Crippen molar-refractivity contribution in [3.8, 4) is 0 Å². The highest BCUT2D eigenvalue weighted by Gasteiger charge is 2.28. The Morgan fingerprint density at radius 1 is 1.65 bits per heavy atom. The van der Waals surface area contributed by atoms with Crippen LogP contribution in [0.15, 0.2) is 0 Å². The fraction of sp³-hybridized carbons (Fsp3) is 0.917. The van der Waals surface area contributed by atoms with E-state index in [2.05, 4.69) is 0 Å². The molecule has 1 amide bonds. The fourth-order valence-corrected chi connectivity index (χ4v) is 1.99. The first-order chi connectivity index (χ1) is 8.04. The molecule has 1 fully saturated rings. The third-order valence-electron chi connectivity index (χ3n) is 3.08. The molecule has 0 radical (unpaired) electrons. The summed E-state index contributed by atoms with van der Waals surface area (Å²) < 4.78 is 5.40. The average Bonchev–Trinajstić information content (AvgIpc) is 2.29. The monoisotopic (exact) mass is 244 g/mol. The van der Waals surface area contributed by atoms with E-state index in [1.54, 1.807) is 0 Å². The van der Waals surface area contributed by atoms with Gasteiger partial charge in [-0.05, 0) is 26.7 Å². The van der Waals surface area contributed by atoms with E-state index in [0.29, 0.717) is 19.6 Å². The maximum atomic E-state index is 12.0. The summed E-state index contributed by atoms with van der Waals surface area (Å²) in [5.74, 6) is 0.139. The highest BCUT2D eigenvalue weighted by molar-refractivity contribution is 5.76. The van der Waals surface area contributed by atoms with Crippen LogP contribution in [0.25, 0.3) is 0 Å². The van der Waals surface area contributed by atoms with Crippen molar-refractivity contribution in [1.82, 2.24) is 4.90 Å². The molecule has 1 saturated heterocycles. The first-order valence-corrected chi connectivity index (χ1v) is 6.32. The Labute approximate surface area is 103 Å². The van der Waals surface area contributed by atoms with Crippen LogP contribution in [0.1, 0.15) is 33.1 Å². The molecule has 3 atom stereocenters. The van der Waals surface area contributed by atoms with Gasteiger partial charge in [0.2, 0.25) is 5.91 Å². The molecule has 0 aromatic heterocycles. The molecular formula is C12H24N2O3. The topological polar surface area (TPSA) is 75.8 Å². The van der Waals surface area contributed by atoms with E-state index in [4.69, 9.17) is 15.6 Å². The molecule has 17 heavy (non-hydrogen) atoms. The van der Waals surface area contributed by atoms with Crippen molar-refractivity contribution in [2.24, 2.45) is 5.73 Å². The van der Waals surface area contributed by atoms with Gasteiger partial charge in [-0.3, -0.25) is 4.79 Å². The summed E-state index contributed by atoms with van der Waals surface area (Å²) in [5, 5.41) is 9.05. The van der Waals surface area contributed by atoms with Crippen molar-refractivity contribution in [1.29, 1.82) is 0 Å². The van der Waals surface area contributed by atoms with E-state index in [1.807, 2.05) is 18.7 Å². The number of rotatable bonds is 5. The molecule has 1 heterocycles. The molecule has 0 aliphatic carbocycles. The molecular weight excluding hydrogens is 220 g/mol. The van der Waals surface area contributed by atoms with Gasteiger partial charge in [0, 0.05) is 19.0 Å². The van der Waals surface area contributed by atoms with Crippen LogP contribution >= 0.6 is 0 Å². The van der Waals surface area contributed by atoms with Gasteiger partial charge in [0.05, 0.1) is 25.4 Å². The van der Waals surface area contributed by atoms with Crippen molar-refractivity contribution in [3.63, 3.8) is 0 Å². The molecule has 0 bridgehead atoms. The lowest BCUT2D eigenvalue weighted by Gasteiger charge is -2.37. The lowest BCUT2D eigenvalue weighted by Crippen LogP contribution is -2.52. The second kappa shape index (κ2) is 6.93. The zero-order valence-corrected chi connectivity index (χ0v) is 10.8. The first-order valence-electron chi connectivity index (χ1n) is 6.32. The molecule has 1 aliphatic heterocycles. The molecule has 1 rings (SSSR count). The number of nitrogens with zero attached hydrogens (tertiary/aromatic N) is 1. The van der Waals surface area contributed by atoms with E-state index in [0.717, 1.165) is 12.8 Å². The number of carbonyl (C=O) groups excluding carboxylic acids is 1. The SMILES string of the molecule is CC(N)CCCC(=O)N1CC(CO)OCC1C. The van der Waals surface area contributed by atoms with Crippen LogP contribution in [0.2, 0.25) is 0 Å². The zero-order chi connectivity index (χ0) is 12.8. The Morgan fingerprint density at radius 2 is 2.35 bits per heavy atom. The van der Waals surface area contributed by atoms with Crippen LogP contribution in [0.5, 0.6) is 0 Å². The van der Waals surface area contributed by atoms with Gasteiger partial charge in [0.25, 0.3) is 0 Å². The van der Waals surface area contributed by atoms with Gasteiger partial charge in [0.15, 0.2) is 0 Å². The maximum absolute atomic E-state index is 12.0. The van der Waals surface area contributed by atoms with E-state index < -0.39 is 0 Å². The number of amides is 1. The van der Waals surface area contributed by atoms with Crippen molar-refractivity contribution >= 4 is 5.91 Å². The smallest absolute Gasteiger partial charge is 0.222 e. The van der Waals surface area contributed by atoms with Crippen LogP contribution < -0.4 is 5.73 Å². The molecule has 0 aromatic carbocycles. The summed E-state index contributed by atoms with van der Waals surface area (Å²) in [5.41, 5.74) is 5.65. The third kappa shape index (κ3) is 4.61. The lowest BCUT2D eigenvalue weighted by atomic mass is 10.1. The number of nitrogens with two attached hydrogens (primary N) is 1. The van der Waals surface area contributed by atoms with Gasteiger partial charge in [-0.15, -0.1) is 0 Å². The van der Waals surface area contributed by atoms with Crippen molar-refractivity contribution < 1.29 is 14.6 Å². The van der Waals surface area contributed by atoms with Crippen LogP contribution in [0, 0.1) is 0 Å². The second-order valence-electron chi connectivity index (χ2n) is 4.90. The molecule has 100 valence electrons. The highest BCUT2D eigenvalue weighted by Crippen LogP contribution is 2.14. The zero-order valence-electron chi connectivity index (χ0n) is 10.8. The van der Waals surface area contributed by atoms with Crippen LogP contribution in [-0.4, -0.2) is 53.9 Å². The Kier molecular flexibility index (Phi) is 5.88. The van der Waals surface area contributed by atoms with Gasteiger partial charge in [0.1, 0.15) is 0 Å². The summed E-state index contributed by atoms with van der Waals surface area (Å²) in [4.78, 5) is 13.8. The van der Waals surface area contributed by atoms with E-state index in [9.17, 15) is 4.79 Å². The summed E-state index contributed by atoms with van der Waals surface area (Å²) in [6.07, 6.45) is 1.99. The molecule has 5 heteroatoms. The number of hydrogen-bond acceptors (Lipinski definition) is 4. The second-order valence-corrected chi connectivity index (χ2v) is 4.90. The number of carbonyl (C=O) groups is 1. The van der Waals surface area contributed by atoms with Gasteiger partial charge in [-0.1, -0.05) is 0 Å². The summed E-state index contributed by atoms with van der Waals surface area (Å²) in [7, 11) is 0. The normalized spacial score (nSPS) is 26.9. The molecule has 3 N–H and O–H groups in total. The molecule has 0 saturated carbocycles. The first kappa shape index (κ1) is 14.4. The van der Waals surface area contributed by atoms with E-state index in [-0.39, 0.29) is 30.7 Å². The van der Waals surface area contributed by atoms with E-state index in [1.165, 1.54) is 0 Å². The number of aliphatic hydroxyl groups excluding tert-OH is 1. The Bertz CT molecular complexity index is 246. The highest BCUT2D eigenvalue weighted by atomic mass is 16.5. The Balaban J connectivity index is 2.37. The average molecular weight is 244 g/mol. The number of morpholine rings is 1. The minimum absolute atomic E-state index is 0.0314. The largest absolute Gasteiger partial charge is 0.394 e. The third-order valence-corrected chi connectivity index (χ3v) is 3.08. The predicted octanol–water partition coefficient (Wildman–Crippen LogP) is 0.112. The van der Waals surface area contributed by atoms with Crippen LogP contribution in [0.4, 0.5) is 0 Å². The summed E-state index contributed by atoms with van der Waals surface area (Å²) in [6, 6.07) is 0.246. The fourth-order valence-electron chi connectivity index (χ4n) is 1.99. The number of ether oxygens (including phenoxy) is 1. The van der Waals surface area contributed by atoms with Gasteiger partial charge in [-0.2, -0.15) is 0 Å². The van der Waals surface area contributed by atoms with Gasteiger partial charge >= 0.3 is 0 Å². The molecule has 0 aromatic rings. The number of hydrogen-bond donors (Lipinski definition) is 2. The minimum Gasteiger partial charge on any atom is -0.394 e. The van der Waals surface area contributed by atoms with Crippen molar-refractivity contribution in [2.45, 2.75) is 51.3 Å². The molecule has 3 unspecified atom stereocenters. The summed E-state index contributed by atoms with van der Waals surface area (Å²) >= 11 is 0. The predicted molar refractivity (Wildman–Crippen MR) is 65.5 cm³/mol.